The summed E-state index contributed by atoms with van der Waals surface area (Å²) in [6, 6.07) is 11.9. The van der Waals surface area contributed by atoms with E-state index in [1.165, 1.54) is 24.3 Å². The van der Waals surface area contributed by atoms with Gasteiger partial charge in [-0.15, -0.1) is 0 Å². The lowest BCUT2D eigenvalue weighted by atomic mass is 10.2. The van der Waals surface area contributed by atoms with Crippen LogP contribution in [-0.2, 0) is 16.6 Å². The van der Waals surface area contributed by atoms with Gasteiger partial charge in [0.2, 0.25) is 10.0 Å². The molecule has 0 bridgehead atoms. The minimum Gasteiger partial charge on any atom is -0.339 e. The molecule has 2 aromatic rings. The standard InChI is InChI=1S/C18H19FN2O3S/c19-17-9-2-1-6-15(17)13-20-25(23,24)16-8-5-7-14(12-16)18(22)21-10-3-4-11-21/h1-2,5-9,12,20H,3-4,10-11,13H2. The van der Waals surface area contributed by atoms with E-state index < -0.39 is 15.8 Å². The molecule has 1 heterocycles. The number of hydrogen-bond donors (Lipinski definition) is 1. The number of likely N-dealkylation sites (tertiary alicyclic amines) is 1. The average Bonchev–Trinajstić information content (AvgIpc) is 3.15. The van der Waals surface area contributed by atoms with E-state index in [0.717, 1.165) is 12.8 Å². The van der Waals surface area contributed by atoms with Crippen LogP contribution in [0.15, 0.2) is 53.4 Å². The molecule has 1 amide bonds. The third-order valence-corrected chi connectivity index (χ3v) is 5.59. The SMILES string of the molecule is O=C(c1cccc(S(=O)(=O)NCc2ccccc2F)c1)N1CCCC1. The van der Waals surface area contributed by atoms with Crippen LogP contribution in [-0.4, -0.2) is 32.3 Å². The van der Waals surface area contributed by atoms with Crippen LogP contribution >= 0.6 is 0 Å². The molecule has 2 aromatic carbocycles. The van der Waals surface area contributed by atoms with Gasteiger partial charge >= 0.3 is 0 Å². The Kier molecular flexibility index (Phi) is 5.15. The maximum absolute atomic E-state index is 13.6. The van der Waals surface area contributed by atoms with Crippen molar-refractivity contribution in [3.8, 4) is 0 Å². The van der Waals surface area contributed by atoms with Crippen LogP contribution < -0.4 is 4.72 Å². The molecule has 0 saturated carbocycles. The molecular formula is C18H19FN2O3S. The highest BCUT2D eigenvalue weighted by Gasteiger charge is 2.22. The lowest BCUT2D eigenvalue weighted by Crippen LogP contribution is -2.28. The molecule has 1 aliphatic rings. The Balaban J connectivity index is 1.77. The van der Waals surface area contributed by atoms with Crippen molar-refractivity contribution >= 4 is 15.9 Å². The zero-order chi connectivity index (χ0) is 17.9. The Morgan fingerprint density at radius 2 is 1.80 bits per heavy atom. The molecule has 3 rings (SSSR count). The third kappa shape index (κ3) is 4.05. The summed E-state index contributed by atoms with van der Waals surface area (Å²) in [5, 5.41) is 0. The van der Waals surface area contributed by atoms with E-state index in [2.05, 4.69) is 4.72 Å². The van der Waals surface area contributed by atoms with Gasteiger partial charge in [0.05, 0.1) is 4.90 Å². The van der Waals surface area contributed by atoms with Gasteiger partial charge in [-0.05, 0) is 37.1 Å². The molecule has 0 aliphatic carbocycles. The number of sulfonamides is 1. The molecule has 1 saturated heterocycles. The highest BCUT2D eigenvalue weighted by molar-refractivity contribution is 7.89. The van der Waals surface area contributed by atoms with Crippen LogP contribution in [0.1, 0.15) is 28.8 Å². The van der Waals surface area contributed by atoms with Crippen molar-refractivity contribution in [2.75, 3.05) is 13.1 Å². The number of carbonyl (C=O) groups is 1. The smallest absolute Gasteiger partial charge is 0.253 e. The van der Waals surface area contributed by atoms with Crippen molar-refractivity contribution in [1.82, 2.24) is 9.62 Å². The van der Waals surface area contributed by atoms with Crippen LogP contribution in [0.25, 0.3) is 0 Å². The predicted octanol–water partition coefficient (Wildman–Crippen LogP) is 2.54. The van der Waals surface area contributed by atoms with Crippen molar-refractivity contribution < 1.29 is 17.6 Å². The lowest BCUT2D eigenvalue weighted by molar-refractivity contribution is 0.0792. The van der Waals surface area contributed by atoms with E-state index in [0.29, 0.717) is 18.7 Å². The largest absolute Gasteiger partial charge is 0.339 e. The van der Waals surface area contributed by atoms with Crippen LogP contribution in [0.2, 0.25) is 0 Å². The van der Waals surface area contributed by atoms with Gasteiger partial charge in [-0.2, -0.15) is 0 Å². The predicted molar refractivity (Wildman–Crippen MR) is 92.0 cm³/mol. The van der Waals surface area contributed by atoms with Crippen molar-refractivity contribution in [1.29, 1.82) is 0 Å². The Morgan fingerprint density at radius 3 is 2.52 bits per heavy atom. The number of amides is 1. The molecule has 0 radical (unpaired) electrons. The second-order valence-electron chi connectivity index (χ2n) is 5.94. The molecule has 1 N–H and O–H groups in total. The monoisotopic (exact) mass is 362 g/mol. The maximum atomic E-state index is 13.6. The Labute approximate surface area is 146 Å². The van der Waals surface area contributed by atoms with Crippen LogP contribution in [0.3, 0.4) is 0 Å². The van der Waals surface area contributed by atoms with Crippen molar-refractivity contribution in [3.05, 3.63) is 65.5 Å². The highest BCUT2D eigenvalue weighted by atomic mass is 32.2. The van der Waals surface area contributed by atoms with Gasteiger partial charge in [-0.1, -0.05) is 24.3 Å². The summed E-state index contributed by atoms with van der Waals surface area (Å²) in [7, 11) is -3.84. The summed E-state index contributed by atoms with van der Waals surface area (Å²) in [4.78, 5) is 14.1. The van der Waals surface area contributed by atoms with Gasteiger partial charge < -0.3 is 4.90 Å². The van der Waals surface area contributed by atoms with E-state index in [-0.39, 0.29) is 22.9 Å². The quantitative estimate of drug-likeness (QED) is 0.889. The summed E-state index contributed by atoms with van der Waals surface area (Å²) < 4.78 is 40.9. The Bertz CT molecular complexity index is 877. The molecule has 5 nitrogen and oxygen atoms in total. The number of hydrogen-bond acceptors (Lipinski definition) is 3. The van der Waals surface area contributed by atoms with Gasteiger partial charge in [0.25, 0.3) is 5.91 Å². The van der Waals surface area contributed by atoms with Crippen LogP contribution in [0, 0.1) is 5.82 Å². The van der Waals surface area contributed by atoms with Gasteiger partial charge in [-0.25, -0.2) is 17.5 Å². The fraction of sp³-hybridized carbons (Fsp3) is 0.278. The first-order valence-electron chi connectivity index (χ1n) is 8.10. The molecule has 0 aromatic heterocycles. The topological polar surface area (TPSA) is 66.5 Å². The minimum atomic E-state index is -3.84. The second-order valence-corrected chi connectivity index (χ2v) is 7.71. The zero-order valence-electron chi connectivity index (χ0n) is 13.6. The van der Waals surface area contributed by atoms with Crippen LogP contribution in [0.4, 0.5) is 4.39 Å². The molecular weight excluding hydrogens is 343 g/mol. The lowest BCUT2D eigenvalue weighted by Gasteiger charge is -2.15. The summed E-state index contributed by atoms with van der Waals surface area (Å²) in [5.41, 5.74) is 0.603. The van der Waals surface area contributed by atoms with E-state index in [1.54, 1.807) is 29.2 Å². The number of nitrogens with one attached hydrogen (secondary N) is 1. The third-order valence-electron chi connectivity index (χ3n) is 4.20. The second kappa shape index (κ2) is 7.33. The van der Waals surface area contributed by atoms with Gasteiger partial charge in [0, 0.05) is 30.8 Å². The maximum Gasteiger partial charge on any atom is 0.253 e. The fourth-order valence-electron chi connectivity index (χ4n) is 2.80. The number of halogens is 1. The van der Waals surface area contributed by atoms with Gasteiger partial charge in [0.1, 0.15) is 5.82 Å². The molecule has 1 aliphatic heterocycles. The number of nitrogens with zero attached hydrogens (tertiary/aromatic N) is 1. The molecule has 0 unspecified atom stereocenters. The Morgan fingerprint density at radius 1 is 1.08 bits per heavy atom. The summed E-state index contributed by atoms with van der Waals surface area (Å²) in [5.74, 6) is -0.633. The number of benzene rings is 2. The van der Waals surface area contributed by atoms with Crippen molar-refractivity contribution in [2.45, 2.75) is 24.3 Å². The molecule has 0 spiro atoms. The van der Waals surface area contributed by atoms with E-state index >= 15 is 0 Å². The van der Waals surface area contributed by atoms with Crippen molar-refractivity contribution in [2.24, 2.45) is 0 Å². The molecule has 1 fully saturated rings. The first-order valence-corrected chi connectivity index (χ1v) is 9.58. The van der Waals surface area contributed by atoms with Crippen LogP contribution in [0.5, 0.6) is 0 Å². The summed E-state index contributed by atoms with van der Waals surface area (Å²) >= 11 is 0. The van der Waals surface area contributed by atoms with E-state index in [9.17, 15) is 17.6 Å². The summed E-state index contributed by atoms with van der Waals surface area (Å²) in [6.07, 6.45) is 1.93. The zero-order valence-corrected chi connectivity index (χ0v) is 14.4. The minimum absolute atomic E-state index is 0.00566. The molecule has 132 valence electrons. The number of carbonyl (C=O) groups excluding carboxylic acids is 1. The first kappa shape index (κ1) is 17.6. The fourth-order valence-corrected chi connectivity index (χ4v) is 3.85. The molecule has 7 heteroatoms. The number of rotatable bonds is 5. The van der Waals surface area contributed by atoms with Gasteiger partial charge in [0.15, 0.2) is 0 Å². The average molecular weight is 362 g/mol. The normalized spacial score (nSPS) is 14.7. The first-order chi connectivity index (χ1) is 12.0. The molecule has 0 atom stereocenters. The Hall–Kier alpha value is -2.25. The van der Waals surface area contributed by atoms with Gasteiger partial charge in [-0.3, -0.25) is 4.79 Å². The van der Waals surface area contributed by atoms with E-state index in [4.69, 9.17) is 0 Å². The highest BCUT2D eigenvalue weighted by Crippen LogP contribution is 2.17. The van der Waals surface area contributed by atoms with Crippen molar-refractivity contribution in [3.63, 3.8) is 0 Å². The molecule has 25 heavy (non-hydrogen) atoms. The summed E-state index contributed by atoms with van der Waals surface area (Å²) in [6.45, 7) is 1.24. The van der Waals surface area contributed by atoms with E-state index in [1.807, 2.05) is 0 Å².